The summed E-state index contributed by atoms with van der Waals surface area (Å²) in [6.45, 7) is 1.94. The van der Waals surface area contributed by atoms with E-state index in [1.165, 1.54) is 12.1 Å². The minimum atomic E-state index is -0.538. The molecule has 0 fully saturated rings. The number of aromatic amines is 1. The van der Waals surface area contributed by atoms with Crippen molar-refractivity contribution in [2.24, 2.45) is 0 Å². The number of benzene rings is 2. The molecule has 0 aliphatic carbocycles. The highest BCUT2D eigenvalue weighted by Gasteiger charge is 2.11. The van der Waals surface area contributed by atoms with E-state index in [0.717, 1.165) is 17.0 Å². The van der Waals surface area contributed by atoms with Crippen LogP contribution >= 0.6 is 0 Å². The Labute approximate surface area is 127 Å². The number of hydrogen-bond acceptors (Lipinski definition) is 2. The zero-order chi connectivity index (χ0) is 15.5. The number of imidazole rings is 1. The summed E-state index contributed by atoms with van der Waals surface area (Å²) >= 11 is 0. The number of H-pyrrole nitrogens is 1. The van der Waals surface area contributed by atoms with Crippen LogP contribution < -0.4 is 5.32 Å². The molecule has 2 N–H and O–H groups in total. The molecule has 110 valence electrons. The summed E-state index contributed by atoms with van der Waals surface area (Å²) in [5.74, 6) is -1.01. The second kappa shape index (κ2) is 5.81. The normalized spacial score (nSPS) is 10.5. The van der Waals surface area contributed by atoms with Crippen molar-refractivity contribution in [2.45, 2.75) is 6.92 Å². The third-order valence-electron chi connectivity index (χ3n) is 3.36. The first-order valence-corrected chi connectivity index (χ1v) is 6.81. The number of nitrogens with zero attached hydrogens (tertiary/aromatic N) is 1. The largest absolute Gasteiger partial charge is 0.348 e. The Morgan fingerprint density at radius 2 is 1.86 bits per heavy atom. The van der Waals surface area contributed by atoms with Crippen LogP contribution in [-0.4, -0.2) is 15.9 Å². The predicted octanol–water partition coefficient (Wildman–Crippen LogP) is 3.78. The number of anilines is 1. The quantitative estimate of drug-likeness (QED) is 0.772. The van der Waals surface area contributed by atoms with Gasteiger partial charge in [-0.05, 0) is 31.2 Å². The molecule has 3 rings (SSSR count). The van der Waals surface area contributed by atoms with Crippen molar-refractivity contribution >= 4 is 11.6 Å². The molecule has 1 heterocycles. The number of carbonyl (C=O) groups is 1. The third kappa shape index (κ3) is 2.74. The van der Waals surface area contributed by atoms with Gasteiger partial charge in [-0.3, -0.25) is 4.79 Å². The van der Waals surface area contributed by atoms with E-state index in [1.54, 1.807) is 30.6 Å². The maximum Gasteiger partial charge on any atom is 0.258 e. The van der Waals surface area contributed by atoms with Crippen molar-refractivity contribution < 1.29 is 9.18 Å². The number of rotatable bonds is 3. The maximum absolute atomic E-state index is 13.6. The van der Waals surface area contributed by atoms with Crippen LogP contribution in [0.25, 0.3) is 11.3 Å². The van der Waals surface area contributed by atoms with Crippen LogP contribution in [0.2, 0.25) is 0 Å². The molecular formula is C17H14FN3O. The maximum atomic E-state index is 13.6. The first kappa shape index (κ1) is 14.0. The average Bonchev–Trinajstić information content (AvgIpc) is 2.94. The Morgan fingerprint density at radius 1 is 1.14 bits per heavy atom. The molecule has 0 atom stereocenters. The first-order valence-electron chi connectivity index (χ1n) is 6.81. The van der Waals surface area contributed by atoms with Gasteiger partial charge in [0.05, 0.1) is 17.6 Å². The summed E-state index contributed by atoms with van der Waals surface area (Å²) in [5, 5.41) is 2.68. The topological polar surface area (TPSA) is 57.8 Å². The number of amides is 1. The van der Waals surface area contributed by atoms with Crippen molar-refractivity contribution in [3.8, 4) is 11.3 Å². The zero-order valence-corrected chi connectivity index (χ0v) is 11.9. The van der Waals surface area contributed by atoms with Crippen LogP contribution in [0.15, 0.2) is 54.9 Å². The summed E-state index contributed by atoms with van der Waals surface area (Å²) in [4.78, 5) is 19.3. The summed E-state index contributed by atoms with van der Waals surface area (Å²) in [6.07, 6.45) is 1.64. The van der Waals surface area contributed by atoms with Gasteiger partial charge in [0.1, 0.15) is 5.82 Å². The number of halogens is 1. The van der Waals surface area contributed by atoms with Gasteiger partial charge in [-0.15, -0.1) is 0 Å². The van der Waals surface area contributed by atoms with Gasteiger partial charge >= 0.3 is 0 Å². The lowest BCUT2D eigenvalue weighted by Gasteiger charge is -2.07. The number of nitrogens with one attached hydrogen (secondary N) is 2. The molecule has 0 aliphatic rings. The summed E-state index contributed by atoms with van der Waals surface area (Å²) < 4.78 is 13.6. The van der Waals surface area contributed by atoms with Gasteiger partial charge < -0.3 is 10.3 Å². The highest BCUT2D eigenvalue weighted by Crippen LogP contribution is 2.22. The standard InChI is InChI=1S/C17H14FN3O/c1-11-16(20-10-19-11)12-6-8-13(9-7-12)21-17(22)14-4-2-3-5-15(14)18/h2-10H,1H3,(H,19,20)(H,21,22). The van der Waals surface area contributed by atoms with E-state index in [0.29, 0.717) is 5.69 Å². The van der Waals surface area contributed by atoms with Crippen LogP contribution in [0, 0.1) is 12.7 Å². The lowest BCUT2D eigenvalue weighted by Crippen LogP contribution is -2.13. The van der Waals surface area contributed by atoms with Crippen LogP contribution in [0.1, 0.15) is 16.1 Å². The fraction of sp³-hybridized carbons (Fsp3) is 0.0588. The van der Waals surface area contributed by atoms with Crippen molar-refractivity contribution in [2.75, 3.05) is 5.32 Å². The SMILES string of the molecule is Cc1[nH]cnc1-c1ccc(NC(=O)c2ccccc2F)cc1. The van der Waals surface area contributed by atoms with Crippen molar-refractivity contribution in [1.29, 1.82) is 0 Å². The van der Waals surface area contributed by atoms with E-state index in [-0.39, 0.29) is 5.56 Å². The summed E-state index contributed by atoms with van der Waals surface area (Å²) in [7, 11) is 0. The van der Waals surface area contributed by atoms with Crippen LogP contribution in [0.3, 0.4) is 0 Å². The lowest BCUT2D eigenvalue weighted by molar-refractivity contribution is 0.102. The minimum Gasteiger partial charge on any atom is -0.348 e. The Morgan fingerprint density at radius 3 is 2.50 bits per heavy atom. The zero-order valence-electron chi connectivity index (χ0n) is 11.9. The summed E-state index contributed by atoms with van der Waals surface area (Å²) in [6, 6.07) is 13.1. The van der Waals surface area contributed by atoms with E-state index < -0.39 is 11.7 Å². The molecule has 3 aromatic rings. The van der Waals surface area contributed by atoms with Gasteiger partial charge in [0.25, 0.3) is 5.91 Å². The minimum absolute atomic E-state index is 0.0229. The Kier molecular flexibility index (Phi) is 3.70. The number of aryl methyl sites for hydroxylation is 1. The Balaban J connectivity index is 1.78. The second-order valence-electron chi connectivity index (χ2n) is 4.89. The second-order valence-corrected chi connectivity index (χ2v) is 4.89. The Hall–Kier alpha value is -2.95. The molecule has 1 amide bonds. The van der Waals surface area contributed by atoms with E-state index in [1.807, 2.05) is 19.1 Å². The molecule has 22 heavy (non-hydrogen) atoms. The van der Waals surface area contributed by atoms with Gasteiger partial charge in [-0.1, -0.05) is 24.3 Å². The number of hydrogen-bond donors (Lipinski definition) is 2. The highest BCUT2D eigenvalue weighted by atomic mass is 19.1. The number of carbonyl (C=O) groups excluding carboxylic acids is 1. The molecule has 2 aromatic carbocycles. The van der Waals surface area contributed by atoms with E-state index in [4.69, 9.17) is 0 Å². The van der Waals surface area contributed by atoms with Gasteiger partial charge in [-0.2, -0.15) is 0 Å². The van der Waals surface area contributed by atoms with E-state index >= 15 is 0 Å². The molecule has 0 unspecified atom stereocenters. The lowest BCUT2D eigenvalue weighted by atomic mass is 10.1. The third-order valence-corrected chi connectivity index (χ3v) is 3.36. The van der Waals surface area contributed by atoms with Crippen LogP contribution in [-0.2, 0) is 0 Å². The first-order chi connectivity index (χ1) is 10.6. The van der Waals surface area contributed by atoms with Gasteiger partial charge in [-0.25, -0.2) is 9.37 Å². The molecule has 5 heteroatoms. The van der Waals surface area contributed by atoms with Gasteiger partial charge in [0.2, 0.25) is 0 Å². The smallest absolute Gasteiger partial charge is 0.258 e. The number of aromatic nitrogens is 2. The van der Waals surface area contributed by atoms with Crippen molar-refractivity contribution in [3.63, 3.8) is 0 Å². The van der Waals surface area contributed by atoms with Crippen molar-refractivity contribution in [1.82, 2.24) is 9.97 Å². The van der Waals surface area contributed by atoms with E-state index in [2.05, 4.69) is 15.3 Å². The van der Waals surface area contributed by atoms with E-state index in [9.17, 15) is 9.18 Å². The Bertz CT molecular complexity index is 809. The molecule has 4 nitrogen and oxygen atoms in total. The fourth-order valence-corrected chi connectivity index (χ4v) is 2.21. The molecule has 0 aliphatic heterocycles. The van der Waals surface area contributed by atoms with Crippen LogP contribution in [0.5, 0.6) is 0 Å². The molecule has 0 spiro atoms. The molecule has 0 bridgehead atoms. The van der Waals surface area contributed by atoms with Gasteiger partial charge in [0.15, 0.2) is 0 Å². The average molecular weight is 295 g/mol. The predicted molar refractivity (Wildman–Crippen MR) is 83.1 cm³/mol. The molecule has 0 saturated heterocycles. The molecular weight excluding hydrogens is 281 g/mol. The molecule has 0 radical (unpaired) electrons. The summed E-state index contributed by atoms with van der Waals surface area (Å²) in [5.41, 5.74) is 3.41. The van der Waals surface area contributed by atoms with Crippen molar-refractivity contribution in [3.05, 3.63) is 71.9 Å². The monoisotopic (exact) mass is 295 g/mol. The molecule has 0 saturated carbocycles. The van der Waals surface area contributed by atoms with Crippen LogP contribution in [0.4, 0.5) is 10.1 Å². The van der Waals surface area contributed by atoms with Gasteiger partial charge in [0, 0.05) is 16.9 Å². The highest BCUT2D eigenvalue weighted by molar-refractivity contribution is 6.04. The molecule has 1 aromatic heterocycles. The fourth-order valence-electron chi connectivity index (χ4n) is 2.21.